The molecule has 224 valence electrons. The lowest BCUT2D eigenvalue weighted by molar-refractivity contribution is 0.399. The first-order chi connectivity index (χ1) is 19.4. The van der Waals surface area contributed by atoms with E-state index in [-0.39, 0.29) is 12.0 Å². The van der Waals surface area contributed by atoms with Crippen LogP contribution in [0.15, 0.2) is 46.9 Å². The number of benzene rings is 1. The van der Waals surface area contributed by atoms with E-state index in [9.17, 15) is 8.42 Å². The third-order valence-electron chi connectivity index (χ3n) is 7.99. The highest BCUT2D eigenvalue weighted by atomic mass is 32.2. The summed E-state index contributed by atoms with van der Waals surface area (Å²) in [5, 5.41) is 8.10. The molecule has 3 aromatic rings. The summed E-state index contributed by atoms with van der Waals surface area (Å²) in [7, 11) is 2.07. The van der Waals surface area contributed by atoms with Crippen LogP contribution < -0.4 is 14.9 Å². The Morgan fingerprint density at radius 1 is 1.02 bits per heavy atom. The first kappa shape index (κ1) is 30.9. The van der Waals surface area contributed by atoms with Crippen molar-refractivity contribution in [2.75, 3.05) is 50.0 Å². The minimum absolute atomic E-state index is 0.220. The zero-order valence-electron chi connectivity index (χ0n) is 25.4. The first-order valence-electron chi connectivity index (χ1n) is 14.4. The molecule has 0 bridgehead atoms. The van der Waals surface area contributed by atoms with Gasteiger partial charge in [0.15, 0.2) is 0 Å². The molecule has 4 rings (SSSR count). The van der Waals surface area contributed by atoms with Crippen LogP contribution in [0.1, 0.15) is 64.0 Å². The van der Waals surface area contributed by atoms with Gasteiger partial charge in [0.1, 0.15) is 11.6 Å². The molecular formula is C30H45N7O3S. The highest BCUT2D eigenvalue weighted by Crippen LogP contribution is 2.40. The second kappa shape index (κ2) is 12.9. The topological polar surface area (TPSA) is 122 Å². The summed E-state index contributed by atoms with van der Waals surface area (Å²) in [4.78, 5) is 9.30. The van der Waals surface area contributed by atoms with Crippen molar-refractivity contribution in [3.05, 3.63) is 53.9 Å². The molecule has 4 atom stereocenters. The van der Waals surface area contributed by atoms with Crippen molar-refractivity contribution >= 4 is 21.7 Å². The van der Waals surface area contributed by atoms with Gasteiger partial charge in [0.2, 0.25) is 21.8 Å². The molecule has 0 saturated heterocycles. The highest BCUT2D eigenvalue weighted by molar-refractivity contribution is 7.93. The maximum atomic E-state index is 13.1. The fourth-order valence-electron chi connectivity index (χ4n) is 4.86. The molecule has 1 aliphatic carbocycles. The number of pyridine rings is 1. The van der Waals surface area contributed by atoms with Gasteiger partial charge in [-0.1, -0.05) is 44.2 Å². The lowest BCUT2D eigenvalue weighted by Gasteiger charge is -2.27. The molecule has 1 saturated carbocycles. The molecule has 2 aromatic heterocycles. The minimum atomic E-state index is -3.61. The molecule has 1 aromatic carbocycles. The van der Waals surface area contributed by atoms with E-state index in [0.29, 0.717) is 40.8 Å². The van der Waals surface area contributed by atoms with E-state index in [4.69, 9.17) is 15.1 Å². The van der Waals surface area contributed by atoms with Crippen molar-refractivity contribution in [3.8, 4) is 11.5 Å². The molecule has 41 heavy (non-hydrogen) atoms. The third-order valence-corrected chi connectivity index (χ3v) is 10.1. The molecule has 2 heterocycles. The van der Waals surface area contributed by atoms with Crippen molar-refractivity contribution < 1.29 is 12.8 Å². The molecule has 10 nitrogen and oxygen atoms in total. The minimum Gasteiger partial charge on any atom is -0.420 e. The van der Waals surface area contributed by atoms with Crippen LogP contribution in [0.5, 0.6) is 0 Å². The Labute approximate surface area is 245 Å². The predicted octanol–water partition coefficient (Wildman–Crippen LogP) is 4.52. The number of nitrogens with two attached hydrogens (primary N) is 1. The van der Waals surface area contributed by atoms with Gasteiger partial charge in [-0.3, -0.25) is 4.31 Å². The Hall–Kier alpha value is -3.02. The number of hydrogen-bond acceptors (Lipinski definition) is 9. The molecule has 2 N–H and O–H groups in total. The van der Waals surface area contributed by atoms with Gasteiger partial charge in [-0.2, -0.15) is 0 Å². The van der Waals surface area contributed by atoms with Gasteiger partial charge in [-0.15, -0.1) is 10.2 Å². The molecule has 0 aliphatic heterocycles. The van der Waals surface area contributed by atoms with Crippen LogP contribution in [0.4, 0.5) is 11.6 Å². The number of nitrogens with zero attached hydrogens (tertiary/aromatic N) is 6. The van der Waals surface area contributed by atoms with E-state index < -0.39 is 15.3 Å². The summed E-state index contributed by atoms with van der Waals surface area (Å²) in [5.74, 6) is 2.80. The number of aromatic nitrogens is 3. The van der Waals surface area contributed by atoms with Gasteiger partial charge in [-0.25, -0.2) is 13.4 Å². The van der Waals surface area contributed by atoms with Crippen LogP contribution in [-0.4, -0.2) is 74.5 Å². The first-order valence-corrected chi connectivity index (χ1v) is 15.9. The zero-order chi connectivity index (χ0) is 29.9. The molecular weight excluding hydrogens is 538 g/mol. The van der Waals surface area contributed by atoms with Crippen LogP contribution in [0.2, 0.25) is 0 Å². The SMILES string of the molecule is CC1CC1CN(CCCN(C)C)c1cc(-c2nnc([C@H](C)C(N)c3ccccc3)o2)cc(N(C)S(=O)(=O)C(C)C)n1. The monoisotopic (exact) mass is 583 g/mol. The lowest BCUT2D eigenvalue weighted by atomic mass is 9.95. The molecule has 0 spiro atoms. The Balaban J connectivity index is 1.72. The number of sulfonamides is 1. The largest absolute Gasteiger partial charge is 0.420 e. The molecule has 11 heteroatoms. The molecule has 1 fully saturated rings. The second-order valence-corrected chi connectivity index (χ2v) is 14.4. The average molecular weight is 584 g/mol. The van der Waals surface area contributed by atoms with E-state index >= 15 is 0 Å². The number of rotatable bonds is 14. The van der Waals surface area contributed by atoms with Crippen LogP contribution in [0.25, 0.3) is 11.5 Å². The van der Waals surface area contributed by atoms with Gasteiger partial charge in [-0.05, 0) is 76.9 Å². The second-order valence-electron chi connectivity index (χ2n) is 11.9. The Bertz CT molecular complexity index is 1390. The van der Waals surface area contributed by atoms with E-state index in [1.807, 2.05) is 43.3 Å². The standard InChI is InChI=1S/C30H45N7O3S/c1-20(2)41(38,39)36(7)26-17-24(18-27(32-26)37(15-11-14-35(5)6)19-25-16-21(25)3)30-34-33-29(40-30)22(4)28(31)23-12-9-8-10-13-23/h8-10,12-13,17-18,20-22,25,28H,11,14-16,19,31H2,1-7H3/t21?,22-,25?,28?/m1/s1. The van der Waals surface area contributed by atoms with Crippen molar-refractivity contribution in [2.24, 2.45) is 17.6 Å². The fraction of sp³-hybridized carbons (Fsp3) is 0.567. The van der Waals surface area contributed by atoms with Crippen LogP contribution in [0.3, 0.4) is 0 Å². The van der Waals surface area contributed by atoms with Crippen molar-refractivity contribution in [1.29, 1.82) is 0 Å². The van der Waals surface area contributed by atoms with Gasteiger partial charge in [0, 0.05) is 31.7 Å². The van der Waals surface area contributed by atoms with Gasteiger partial charge in [0.05, 0.1) is 11.2 Å². The van der Waals surface area contributed by atoms with Crippen molar-refractivity contribution in [1.82, 2.24) is 20.1 Å². The van der Waals surface area contributed by atoms with Crippen molar-refractivity contribution in [2.45, 2.75) is 57.7 Å². The van der Waals surface area contributed by atoms with E-state index in [1.165, 1.54) is 10.7 Å². The maximum Gasteiger partial charge on any atom is 0.248 e. The summed E-state index contributed by atoms with van der Waals surface area (Å²) < 4.78 is 33.7. The highest BCUT2D eigenvalue weighted by Gasteiger charge is 2.35. The molecule has 0 amide bonds. The quantitative estimate of drug-likeness (QED) is 0.292. The average Bonchev–Trinajstić information content (AvgIpc) is 3.42. The summed E-state index contributed by atoms with van der Waals surface area (Å²) in [5.41, 5.74) is 8.14. The number of hydrogen-bond donors (Lipinski definition) is 1. The zero-order valence-corrected chi connectivity index (χ0v) is 26.2. The van der Waals surface area contributed by atoms with Crippen molar-refractivity contribution in [3.63, 3.8) is 0 Å². The normalized spacial score (nSPS) is 18.5. The van der Waals surface area contributed by atoms with Gasteiger partial charge < -0.3 is 20.0 Å². The number of anilines is 2. The van der Waals surface area contributed by atoms with Crippen LogP contribution in [0, 0.1) is 11.8 Å². The lowest BCUT2D eigenvalue weighted by Crippen LogP contribution is -2.35. The fourth-order valence-corrected chi connectivity index (χ4v) is 5.85. The summed E-state index contributed by atoms with van der Waals surface area (Å²) in [6.07, 6.45) is 2.14. The van der Waals surface area contributed by atoms with Gasteiger partial charge in [0.25, 0.3) is 0 Å². The van der Waals surface area contributed by atoms with E-state index in [2.05, 4.69) is 41.0 Å². The van der Waals surface area contributed by atoms with E-state index in [1.54, 1.807) is 27.0 Å². The van der Waals surface area contributed by atoms with Crippen LogP contribution in [-0.2, 0) is 10.0 Å². The van der Waals surface area contributed by atoms with E-state index in [0.717, 1.165) is 31.6 Å². The Morgan fingerprint density at radius 2 is 1.68 bits per heavy atom. The summed E-state index contributed by atoms with van der Waals surface area (Å²) in [6, 6.07) is 13.1. The van der Waals surface area contributed by atoms with Crippen LogP contribution >= 0.6 is 0 Å². The summed E-state index contributed by atoms with van der Waals surface area (Å²) in [6.45, 7) is 10.2. The summed E-state index contributed by atoms with van der Waals surface area (Å²) >= 11 is 0. The Kier molecular flexibility index (Phi) is 9.71. The molecule has 0 radical (unpaired) electrons. The predicted molar refractivity (Wildman–Crippen MR) is 164 cm³/mol. The van der Waals surface area contributed by atoms with Gasteiger partial charge >= 0.3 is 0 Å². The smallest absolute Gasteiger partial charge is 0.248 e. The Morgan fingerprint density at radius 3 is 2.29 bits per heavy atom. The molecule has 3 unspecified atom stereocenters. The third kappa shape index (κ3) is 7.44. The maximum absolute atomic E-state index is 13.1. The molecule has 1 aliphatic rings.